The van der Waals surface area contributed by atoms with Gasteiger partial charge in [-0.3, -0.25) is 10.3 Å². The third-order valence-electron chi connectivity index (χ3n) is 5.36. The minimum atomic E-state index is -4.53. The van der Waals surface area contributed by atoms with Crippen molar-refractivity contribution in [3.05, 3.63) is 69.7 Å². The van der Waals surface area contributed by atoms with Crippen LogP contribution in [0.5, 0.6) is 0 Å². The Morgan fingerprint density at radius 1 is 1.10 bits per heavy atom. The first-order chi connectivity index (χ1) is 14.7. The number of hydrogen-bond donors (Lipinski definition) is 2. The van der Waals surface area contributed by atoms with Crippen LogP contribution in [0, 0.1) is 0 Å². The van der Waals surface area contributed by atoms with Crippen LogP contribution in [0.15, 0.2) is 48.5 Å². The quantitative estimate of drug-likeness (QED) is 0.568. The van der Waals surface area contributed by atoms with Gasteiger partial charge in [-0.25, -0.2) is 4.79 Å². The van der Waals surface area contributed by atoms with Gasteiger partial charge < -0.3 is 10.2 Å². The van der Waals surface area contributed by atoms with Gasteiger partial charge in [0, 0.05) is 31.0 Å². The zero-order chi connectivity index (χ0) is 22.2. The molecule has 2 aromatic rings. The lowest BCUT2D eigenvalue weighted by Gasteiger charge is -2.36. The van der Waals surface area contributed by atoms with Crippen molar-refractivity contribution in [2.24, 2.45) is 0 Å². The minimum Gasteiger partial charge on any atom is -0.324 e. The third-order valence-corrected chi connectivity index (χ3v) is 5.94. The first-order valence-corrected chi connectivity index (χ1v) is 10.3. The Morgan fingerprint density at radius 3 is 2.42 bits per heavy atom. The Kier molecular flexibility index (Phi) is 5.81. The molecule has 2 heterocycles. The lowest BCUT2D eigenvalue weighted by molar-refractivity contribution is -0.137. The molecule has 0 bridgehead atoms. The Morgan fingerprint density at radius 2 is 1.77 bits per heavy atom. The van der Waals surface area contributed by atoms with Crippen molar-refractivity contribution in [2.75, 3.05) is 18.4 Å². The summed E-state index contributed by atoms with van der Waals surface area (Å²) < 4.78 is 38.8. The molecule has 2 amide bonds. The third kappa shape index (κ3) is 4.76. The first kappa shape index (κ1) is 21.8. The second-order valence-corrected chi connectivity index (χ2v) is 8.29. The summed E-state index contributed by atoms with van der Waals surface area (Å²) in [6.07, 6.45) is -1.47. The molecule has 1 saturated heterocycles. The molecule has 2 aliphatic heterocycles. The van der Waals surface area contributed by atoms with E-state index in [2.05, 4.69) is 10.8 Å². The molecule has 1 fully saturated rings. The van der Waals surface area contributed by atoms with Crippen molar-refractivity contribution < 1.29 is 22.8 Å². The van der Waals surface area contributed by atoms with Crippen LogP contribution in [-0.4, -0.2) is 29.6 Å². The number of nitrogens with zero attached hydrogens (tertiary/aromatic N) is 1. The van der Waals surface area contributed by atoms with Crippen LogP contribution in [0.1, 0.15) is 24.0 Å². The average Bonchev–Trinajstić information content (AvgIpc) is 3.13. The predicted octanol–water partition coefficient (Wildman–Crippen LogP) is 5.95. The van der Waals surface area contributed by atoms with E-state index in [1.54, 1.807) is 12.1 Å². The summed E-state index contributed by atoms with van der Waals surface area (Å²) in [5, 5.41) is 3.16. The topological polar surface area (TPSA) is 53.6 Å². The Balaban J connectivity index is 1.40. The van der Waals surface area contributed by atoms with Crippen LogP contribution in [-0.2, 0) is 11.0 Å². The van der Waals surface area contributed by atoms with Crippen molar-refractivity contribution in [1.82, 2.24) is 10.4 Å². The molecule has 164 valence electrons. The number of carbonyl (C=O) groups excluding carboxylic acids is 1. The monoisotopic (exact) mass is 471 g/mol. The highest BCUT2D eigenvalue weighted by Crippen LogP contribution is 2.36. The van der Waals surface area contributed by atoms with Gasteiger partial charge in [0.05, 0.1) is 22.0 Å². The zero-order valence-electron chi connectivity index (χ0n) is 16.1. The summed E-state index contributed by atoms with van der Waals surface area (Å²) in [6.45, 7) is 0.739. The van der Waals surface area contributed by atoms with Gasteiger partial charge in [0.1, 0.15) is 5.60 Å². The van der Waals surface area contributed by atoms with Gasteiger partial charge in [-0.2, -0.15) is 13.2 Å². The van der Waals surface area contributed by atoms with Crippen LogP contribution >= 0.6 is 23.2 Å². The molecular formula is C21H18Cl2F3N3O2. The normalized spacial score (nSPS) is 18.0. The summed E-state index contributed by atoms with van der Waals surface area (Å²) in [5.41, 5.74) is 3.18. The van der Waals surface area contributed by atoms with Crippen LogP contribution in [0.25, 0.3) is 5.70 Å². The van der Waals surface area contributed by atoms with E-state index in [0.717, 1.165) is 29.5 Å². The maximum absolute atomic E-state index is 12.9. The SMILES string of the molecule is O=C(Nc1cc(C(F)(F)F)ccc1Cl)N1CCC2(C=C(c3ccc(Cl)cc3)NO2)CC1. The lowest BCUT2D eigenvalue weighted by atomic mass is 9.90. The summed E-state index contributed by atoms with van der Waals surface area (Å²) in [5.74, 6) is 0. The number of rotatable bonds is 2. The molecule has 2 N–H and O–H groups in total. The second-order valence-electron chi connectivity index (χ2n) is 7.44. The molecule has 31 heavy (non-hydrogen) atoms. The Labute approximate surface area is 186 Å². The number of amides is 2. The molecule has 10 heteroatoms. The predicted molar refractivity (Wildman–Crippen MR) is 113 cm³/mol. The van der Waals surface area contributed by atoms with E-state index in [-0.39, 0.29) is 10.7 Å². The van der Waals surface area contributed by atoms with Crippen molar-refractivity contribution >= 4 is 40.6 Å². The number of benzene rings is 2. The van der Waals surface area contributed by atoms with E-state index in [1.165, 1.54) is 4.90 Å². The van der Waals surface area contributed by atoms with Gasteiger partial charge in [0.2, 0.25) is 0 Å². The fraction of sp³-hybridized carbons (Fsp3) is 0.286. The molecule has 0 saturated carbocycles. The maximum Gasteiger partial charge on any atom is 0.416 e. The number of hydroxylamine groups is 1. The first-order valence-electron chi connectivity index (χ1n) is 9.51. The second kappa shape index (κ2) is 8.26. The van der Waals surface area contributed by atoms with Gasteiger partial charge in [0.15, 0.2) is 0 Å². The molecule has 2 aromatic carbocycles. The average molecular weight is 472 g/mol. The number of nitrogens with one attached hydrogen (secondary N) is 2. The van der Waals surface area contributed by atoms with Gasteiger partial charge in [0.25, 0.3) is 0 Å². The number of halogens is 5. The number of likely N-dealkylation sites (tertiary alicyclic amines) is 1. The van der Waals surface area contributed by atoms with E-state index in [9.17, 15) is 18.0 Å². The van der Waals surface area contributed by atoms with Crippen molar-refractivity contribution in [1.29, 1.82) is 0 Å². The largest absolute Gasteiger partial charge is 0.416 e. The maximum atomic E-state index is 12.9. The van der Waals surface area contributed by atoms with Crippen LogP contribution < -0.4 is 10.8 Å². The van der Waals surface area contributed by atoms with Crippen molar-refractivity contribution in [3.63, 3.8) is 0 Å². The number of urea groups is 1. The Hall–Kier alpha value is -2.42. The van der Waals surface area contributed by atoms with E-state index in [4.69, 9.17) is 28.0 Å². The highest BCUT2D eigenvalue weighted by molar-refractivity contribution is 6.33. The van der Waals surface area contributed by atoms with Crippen LogP contribution in [0.3, 0.4) is 0 Å². The van der Waals surface area contributed by atoms with E-state index >= 15 is 0 Å². The summed E-state index contributed by atoms with van der Waals surface area (Å²) in [6, 6.07) is 9.65. The molecule has 0 aromatic heterocycles. The molecule has 0 atom stereocenters. The lowest BCUT2D eigenvalue weighted by Crippen LogP contribution is -2.48. The van der Waals surface area contributed by atoms with Crippen molar-refractivity contribution in [2.45, 2.75) is 24.6 Å². The van der Waals surface area contributed by atoms with Gasteiger partial charge >= 0.3 is 12.2 Å². The fourth-order valence-corrected chi connectivity index (χ4v) is 3.87. The van der Waals surface area contributed by atoms with Crippen molar-refractivity contribution in [3.8, 4) is 0 Å². The Bertz CT molecular complexity index is 1020. The number of anilines is 1. The smallest absolute Gasteiger partial charge is 0.324 e. The van der Waals surface area contributed by atoms with E-state index in [0.29, 0.717) is 31.0 Å². The van der Waals surface area contributed by atoms with Crippen LogP contribution in [0.4, 0.5) is 23.7 Å². The molecule has 0 radical (unpaired) electrons. The van der Waals surface area contributed by atoms with Gasteiger partial charge in [-0.1, -0.05) is 35.3 Å². The highest BCUT2D eigenvalue weighted by Gasteiger charge is 2.40. The number of carbonyl (C=O) groups is 1. The summed E-state index contributed by atoms with van der Waals surface area (Å²) in [4.78, 5) is 19.9. The standard InChI is InChI=1S/C21H18Cl2F3N3O2/c22-15-4-1-13(2-5-15)18-12-20(31-28-18)7-9-29(10-8-20)19(30)27-17-11-14(21(24,25)26)3-6-16(17)23/h1-6,11-12,28H,7-10H2,(H,27,30). The van der Waals surface area contributed by atoms with E-state index in [1.807, 2.05) is 18.2 Å². The zero-order valence-corrected chi connectivity index (χ0v) is 17.6. The number of hydrogen-bond acceptors (Lipinski definition) is 3. The molecule has 0 aliphatic carbocycles. The summed E-state index contributed by atoms with van der Waals surface area (Å²) >= 11 is 11.9. The molecule has 4 rings (SSSR count). The minimum absolute atomic E-state index is 0.0358. The highest BCUT2D eigenvalue weighted by atomic mass is 35.5. The molecule has 2 aliphatic rings. The van der Waals surface area contributed by atoms with Gasteiger partial charge in [-0.15, -0.1) is 0 Å². The van der Waals surface area contributed by atoms with Crippen LogP contribution in [0.2, 0.25) is 10.0 Å². The summed E-state index contributed by atoms with van der Waals surface area (Å²) in [7, 11) is 0. The molecule has 1 spiro atoms. The van der Waals surface area contributed by atoms with E-state index < -0.39 is 23.4 Å². The van der Waals surface area contributed by atoms with Gasteiger partial charge in [-0.05, 0) is 42.0 Å². The molecule has 0 unspecified atom stereocenters. The fourth-order valence-electron chi connectivity index (χ4n) is 3.58. The number of alkyl halides is 3. The number of piperidine rings is 1. The molecule has 5 nitrogen and oxygen atoms in total. The molecular weight excluding hydrogens is 454 g/mol.